The highest BCUT2D eigenvalue weighted by molar-refractivity contribution is 5.99. The molecule has 1 atom stereocenters. The zero-order chi connectivity index (χ0) is 19.7. The van der Waals surface area contributed by atoms with E-state index in [0.717, 1.165) is 6.42 Å². The van der Waals surface area contributed by atoms with Crippen LogP contribution in [0.4, 0.5) is 0 Å². The molecule has 0 aliphatic heterocycles. The van der Waals surface area contributed by atoms with Crippen molar-refractivity contribution >= 4 is 18.0 Å². The number of ether oxygens (including phenoxy) is 4. The lowest BCUT2D eigenvalue weighted by Crippen LogP contribution is -2.12. The summed E-state index contributed by atoms with van der Waals surface area (Å²) in [5.74, 6) is -0.956. The molecule has 1 rings (SSSR count). The third kappa shape index (κ3) is 5.49. The maximum absolute atomic E-state index is 12.3. The van der Waals surface area contributed by atoms with Crippen LogP contribution in [-0.4, -0.2) is 44.5 Å². The molecule has 0 unspecified atom stereocenters. The minimum atomic E-state index is -0.684. The van der Waals surface area contributed by atoms with Gasteiger partial charge in [0.1, 0.15) is 5.56 Å². The normalized spacial score (nSPS) is 11.9. The van der Waals surface area contributed by atoms with Crippen molar-refractivity contribution < 1.29 is 33.6 Å². The Kier molecular flexibility index (Phi) is 8.64. The van der Waals surface area contributed by atoms with Gasteiger partial charge in [0.2, 0.25) is 5.75 Å². The number of hydrogen-bond acceptors (Lipinski definition) is 7. The first-order valence-corrected chi connectivity index (χ1v) is 8.29. The van der Waals surface area contributed by atoms with Crippen LogP contribution >= 0.6 is 0 Å². The second-order valence-electron chi connectivity index (χ2n) is 5.57. The van der Waals surface area contributed by atoms with Crippen molar-refractivity contribution in [3.05, 3.63) is 23.3 Å². The van der Waals surface area contributed by atoms with E-state index in [4.69, 9.17) is 18.9 Å². The smallest absolute Gasteiger partial charge is 0.342 e. The molecule has 26 heavy (non-hydrogen) atoms. The van der Waals surface area contributed by atoms with Crippen LogP contribution in [-0.2, 0) is 9.53 Å². The van der Waals surface area contributed by atoms with E-state index in [2.05, 4.69) is 0 Å². The molecule has 0 spiro atoms. The lowest BCUT2D eigenvalue weighted by Gasteiger charge is -2.17. The van der Waals surface area contributed by atoms with Gasteiger partial charge in [-0.1, -0.05) is 25.5 Å². The van der Waals surface area contributed by atoms with Crippen LogP contribution in [0.3, 0.4) is 0 Å². The van der Waals surface area contributed by atoms with Crippen molar-refractivity contribution in [2.24, 2.45) is 0 Å². The summed E-state index contributed by atoms with van der Waals surface area (Å²) in [6, 6.07) is 1.58. The molecule has 0 radical (unpaired) electrons. The van der Waals surface area contributed by atoms with E-state index in [1.807, 2.05) is 6.92 Å². The zero-order valence-electron chi connectivity index (χ0n) is 15.8. The molecule has 0 aliphatic carbocycles. The largest absolute Gasteiger partial charge is 0.493 e. The van der Waals surface area contributed by atoms with Crippen molar-refractivity contribution in [3.63, 3.8) is 0 Å². The van der Waals surface area contributed by atoms with Crippen LogP contribution in [0, 0.1) is 0 Å². The number of hydrogen-bond donors (Lipinski definition) is 1. The first-order chi connectivity index (χ1) is 12.4. The summed E-state index contributed by atoms with van der Waals surface area (Å²) in [5, 5.41) is 9.85. The predicted molar refractivity (Wildman–Crippen MR) is 96.8 cm³/mol. The highest BCUT2D eigenvalue weighted by Gasteiger charge is 2.26. The van der Waals surface area contributed by atoms with Crippen molar-refractivity contribution in [3.8, 4) is 17.2 Å². The van der Waals surface area contributed by atoms with Gasteiger partial charge in [0.25, 0.3) is 0 Å². The van der Waals surface area contributed by atoms with Gasteiger partial charge in [0, 0.05) is 6.92 Å². The van der Waals surface area contributed by atoms with Gasteiger partial charge in [0.05, 0.1) is 27.4 Å². The van der Waals surface area contributed by atoms with Gasteiger partial charge in [-0.3, -0.25) is 4.79 Å². The maximum Gasteiger partial charge on any atom is 0.342 e. The van der Waals surface area contributed by atoms with Gasteiger partial charge in [-0.15, -0.1) is 0 Å². The molecule has 1 N–H and O–H groups in total. The number of aliphatic hydroxyl groups excluding tert-OH is 1. The molecule has 0 amide bonds. The minimum Gasteiger partial charge on any atom is -0.493 e. The Bertz CT molecular complexity index is 664. The number of rotatable bonds is 9. The van der Waals surface area contributed by atoms with Crippen molar-refractivity contribution in [2.75, 3.05) is 21.3 Å². The molecule has 7 heteroatoms. The van der Waals surface area contributed by atoms with Crippen LogP contribution in [0.15, 0.2) is 12.1 Å². The Morgan fingerprint density at radius 2 is 1.88 bits per heavy atom. The van der Waals surface area contributed by atoms with E-state index in [1.54, 1.807) is 18.2 Å². The molecule has 0 saturated heterocycles. The molecule has 0 aromatic heterocycles. The van der Waals surface area contributed by atoms with Crippen LogP contribution in [0.25, 0.3) is 6.08 Å². The SMILES string of the molecule is CCC[C@@H](O)C/C=C/c1cc(OC)c(OC)c(OC(C)=O)c1C(=O)OC. The second-order valence-corrected chi connectivity index (χ2v) is 5.57. The molecule has 1 aromatic carbocycles. The average molecular weight is 366 g/mol. The highest BCUT2D eigenvalue weighted by atomic mass is 16.6. The van der Waals surface area contributed by atoms with Gasteiger partial charge in [0.15, 0.2) is 11.5 Å². The number of carbonyl (C=O) groups is 2. The summed E-state index contributed by atoms with van der Waals surface area (Å²) in [7, 11) is 4.04. The maximum atomic E-state index is 12.3. The minimum absolute atomic E-state index is 0.0431. The zero-order valence-corrected chi connectivity index (χ0v) is 15.8. The van der Waals surface area contributed by atoms with E-state index in [9.17, 15) is 14.7 Å². The summed E-state index contributed by atoms with van der Waals surface area (Å²) in [6.45, 7) is 3.21. The van der Waals surface area contributed by atoms with Gasteiger partial charge < -0.3 is 24.1 Å². The molecule has 7 nitrogen and oxygen atoms in total. The quantitative estimate of drug-likeness (QED) is 0.530. The summed E-state index contributed by atoms with van der Waals surface area (Å²) in [4.78, 5) is 23.8. The van der Waals surface area contributed by atoms with E-state index in [0.29, 0.717) is 24.2 Å². The molecule has 0 fully saturated rings. The molecule has 1 aromatic rings. The molecule has 0 saturated carbocycles. The second kappa shape index (κ2) is 10.5. The summed E-state index contributed by atoms with van der Waals surface area (Å²) >= 11 is 0. The predicted octanol–water partition coefficient (Wildman–Crippen LogP) is 2.98. The monoisotopic (exact) mass is 366 g/mol. The van der Waals surface area contributed by atoms with Crippen LogP contribution in [0.2, 0.25) is 0 Å². The molecular weight excluding hydrogens is 340 g/mol. The van der Waals surface area contributed by atoms with Crippen molar-refractivity contribution in [1.82, 2.24) is 0 Å². The summed E-state index contributed by atoms with van der Waals surface area (Å²) < 4.78 is 20.6. The van der Waals surface area contributed by atoms with Gasteiger partial charge >= 0.3 is 11.9 Å². The van der Waals surface area contributed by atoms with E-state index < -0.39 is 18.0 Å². The third-order valence-electron chi connectivity index (χ3n) is 3.62. The van der Waals surface area contributed by atoms with E-state index in [1.165, 1.54) is 28.3 Å². The molecule has 144 valence electrons. The van der Waals surface area contributed by atoms with Crippen molar-refractivity contribution in [1.29, 1.82) is 0 Å². The Labute approximate surface area is 153 Å². The molecule has 0 bridgehead atoms. The Morgan fingerprint density at radius 3 is 2.38 bits per heavy atom. The average Bonchev–Trinajstić information content (AvgIpc) is 2.60. The number of methoxy groups -OCH3 is 3. The number of benzene rings is 1. The van der Waals surface area contributed by atoms with Crippen LogP contribution in [0.5, 0.6) is 17.2 Å². The molecule has 0 heterocycles. The van der Waals surface area contributed by atoms with Gasteiger partial charge in [-0.25, -0.2) is 4.79 Å². The summed E-state index contributed by atoms with van der Waals surface area (Å²) in [6.07, 6.45) is 4.90. The van der Waals surface area contributed by atoms with Crippen LogP contribution in [0.1, 0.15) is 49.0 Å². The topological polar surface area (TPSA) is 91.3 Å². The van der Waals surface area contributed by atoms with Crippen molar-refractivity contribution in [2.45, 2.75) is 39.2 Å². The van der Waals surface area contributed by atoms with Gasteiger partial charge in [-0.2, -0.15) is 0 Å². The lowest BCUT2D eigenvalue weighted by atomic mass is 10.0. The lowest BCUT2D eigenvalue weighted by molar-refractivity contribution is -0.132. The fraction of sp³-hybridized carbons (Fsp3) is 0.474. The molecule has 0 aliphatic rings. The Balaban J connectivity index is 3.48. The summed E-state index contributed by atoms with van der Waals surface area (Å²) in [5.41, 5.74) is 0.469. The number of carbonyl (C=O) groups excluding carboxylic acids is 2. The fourth-order valence-electron chi connectivity index (χ4n) is 2.47. The number of aliphatic hydroxyl groups is 1. The standard InChI is InChI=1S/C19H26O7/c1-6-8-14(21)10-7-9-13-11-15(23-3)17(24-4)18(26-12(2)20)16(13)19(22)25-5/h7,9,11,14,21H,6,8,10H2,1-5H3/b9-7+/t14-/m1/s1. The fourth-order valence-corrected chi connectivity index (χ4v) is 2.47. The van der Waals surface area contributed by atoms with E-state index in [-0.39, 0.29) is 17.1 Å². The Morgan fingerprint density at radius 1 is 1.19 bits per heavy atom. The van der Waals surface area contributed by atoms with E-state index >= 15 is 0 Å². The van der Waals surface area contributed by atoms with Crippen LogP contribution < -0.4 is 14.2 Å². The first-order valence-electron chi connectivity index (χ1n) is 8.29. The highest BCUT2D eigenvalue weighted by Crippen LogP contribution is 2.43. The third-order valence-corrected chi connectivity index (χ3v) is 3.62. The van der Waals surface area contributed by atoms with Gasteiger partial charge in [-0.05, 0) is 24.5 Å². The first kappa shape index (κ1) is 21.5. The number of esters is 2. The Hall–Kier alpha value is -2.54. The molecular formula is C19H26O7.